The molecule has 0 atom stereocenters. The SMILES string of the molecule is Nc1cc(-c2cccc(F)c2F)cnc1CC(=O)O. The minimum atomic E-state index is -1.07. The molecule has 1 heterocycles. The zero-order valence-corrected chi connectivity index (χ0v) is 9.73. The molecule has 4 nitrogen and oxygen atoms in total. The van der Waals surface area contributed by atoms with E-state index in [0.29, 0.717) is 5.56 Å². The van der Waals surface area contributed by atoms with E-state index in [0.717, 1.165) is 6.07 Å². The van der Waals surface area contributed by atoms with Gasteiger partial charge in [0.2, 0.25) is 0 Å². The third-order valence-electron chi connectivity index (χ3n) is 2.58. The summed E-state index contributed by atoms with van der Waals surface area (Å²) in [5.74, 6) is -3.02. The van der Waals surface area contributed by atoms with Crippen LogP contribution in [0.2, 0.25) is 0 Å². The summed E-state index contributed by atoms with van der Waals surface area (Å²) in [4.78, 5) is 14.4. The van der Waals surface area contributed by atoms with Crippen molar-refractivity contribution in [2.24, 2.45) is 0 Å². The summed E-state index contributed by atoms with van der Waals surface area (Å²) in [7, 11) is 0. The molecule has 6 heteroatoms. The smallest absolute Gasteiger partial charge is 0.309 e. The highest BCUT2D eigenvalue weighted by molar-refractivity contribution is 5.74. The van der Waals surface area contributed by atoms with Crippen LogP contribution in [0.3, 0.4) is 0 Å². The first kappa shape index (κ1) is 12.9. The van der Waals surface area contributed by atoms with Crippen molar-refractivity contribution in [2.75, 3.05) is 5.73 Å². The minimum Gasteiger partial charge on any atom is -0.481 e. The van der Waals surface area contributed by atoms with Gasteiger partial charge in [-0.15, -0.1) is 0 Å². The van der Waals surface area contributed by atoms with Crippen molar-refractivity contribution >= 4 is 11.7 Å². The lowest BCUT2D eigenvalue weighted by atomic mass is 10.1. The number of nitrogen functional groups attached to an aromatic ring is 1. The maximum Gasteiger partial charge on any atom is 0.309 e. The lowest BCUT2D eigenvalue weighted by Gasteiger charge is -2.07. The minimum absolute atomic E-state index is 0.0288. The average molecular weight is 264 g/mol. The summed E-state index contributed by atoms with van der Waals surface area (Å²) in [6, 6.07) is 5.15. The van der Waals surface area contributed by atoms with Crippen LogP contribution in [0, 0.1) is 11.6 Å². The molecule has 2 rings (SSSR count). The Balaban J connectivity index is 2.44. The van der Waals surface area contributed by atoms with E-state index in [1.54, 1.807) is 0 Å². The van der Waals surface area contributed by atoms with E-state index in [1.165, 1.54) is 24.4 Å². The number of hydrogen-bond donors (Lipinski definition) is 2. The molecule has 0 bridgehead atoms. The van der Waals surface area contributed by atoms with Gasteiger partial charge in [0.25, 0.3) is 0 Å². The fourth-order valence-electron chi connectivity index (χ4n) is 1.68. The molecule has 0 aliphatic rings. The molecule has 98 valence electrons. The Morgan fingerprint density at radius 2 is 2.11 bits per heavy atom. The van der Waals surface area contributed by atoms with Gasteiger partial charge in [0, 0.05) is 17.3 Å². The predicted octanol–water partition coefficient (Wildman–Crippen LogP) is 2.24. The van der Waals surface area contributed by atoms with Crippen LogP contribution < -0.4 is 5.73 Å². The van der Waals surface area contributed by atoms with E-state index in [1.807, 2.05) is 0 Å². The van der Waals surface area contributed by atoms with Gasteiger partial charge in [0.1, 0.15) is 0 Å². The van der Waals surface area contributed by atoms with E-state index < -0.39 is 17.6 Å². The van der Waals surface area contributed by atoms with Crippen molar-refractivity contribution in [3.63, 3.8) is 0 Å². The molecule has 3 N–H and O–H groups in total. The Kier molecular flexibility index (Phi) is 3.41. The summed E-state index contributed by atoms with van der Waals surface area (Å²) < 4.78 is 26.7. The molecule has 1 aromatic carbocycles. The number of aliphatic carboxylic acids is 1. The molecule has 0 spiro atoms. The summed E-state index contributed by atoms with van der Waals surface area (Å²) in [6.45, 7) is 0. The second-order valence-corrected chi connectivity index (χ2v) is 3.93. The Morgan fingerprint density at radius 1 is 1.37 bits per heavy atom. The number of hydrogen-bond acceptors (Lipinski definition) is 3. The van der Waals surface area contributed by atoms with Gasteiger partial charge in [-0.25, -0.2) is 8.78 Å². The topological polar surface area (TPSA) is 76.2 Å². The third kappa shape index (κ3) is 2.67. The van der Waals surface area contributed by atoms with Crippen LogP contribution >= 0.6 is 0 Å². The summed E-state index contributed by atoms with van der Waals surface area (Å²) in [5.41, 5.74) is 6.29. The molecule has 0 aliphatic heterocycles. The summed E-state index contributed by atoms with van der Waals surface area (Å²) in [6.07, 6.45) is 0.949. The van der Waals surface area contributed by atoms with Crippen molar-refractivity contribution in [1.29, 1.82) is 0 Å². The van der Waals surface area contributed by atoms with Crippen molar-refractivity contribution in [3.8, 4) is 11.1 Å². The zero-order chi connectivity index (χ0) is 14.0. The van der Waals surface area contributed by atoms with Gasteiger partial charge in [-0.1, -0.05) is 12.1 Å². The monoisotopic (exact) mass is 264 g/mol. The van der Waals surface area contributed by atoms with Gasteiger partial charge in [-0.3, -0.25) is 9.78 Å². The first-order valence-corrected chi connectivity index (χ1v) is 5.39. The molecule has 1 aromatic heterocycles. The summed E-state index contributed by atoms with van der Waals surface area (Å²) in [5, 5.41) is 8.65. The van der Waals surface area contributed by atoms with Gasteiger partial charge < -0.3 is 10.8 Å². The van der Waals surface area contributed by atoms with Gasteiger partial charge in [0.15, 0.2) is 11.6 Å². The van der Waals surface area contributed by atoms with Crippen molar-refractivity contribution in [3.05, 3.63) is 47.8 Å². The Bertz CT molecular complexity index is 645. The Labute approximate surface area is 107 Å². The number of anilines is 1. The van der Waals surface area contributed by atoms with E-state index in [2.05, 4.69) is 4.98 Å². The van der Waals surface area contributed by atoms with Crippen LogP contribution in [-0.4, -0.2) is 16.1 Å². The number of nitrogens with two attached hydrogens (primary N) is 1. The van der Waals surface area contributed by atoms with E-state index in [4.69, 9.17) is 10.8 Å². The number of halogens is 2. The van der Waals surface area contributed by atoms with Gasteiger partial charge in [0.05, 0.1) is 17.8 Å². The van der Waals surface area contributed by atoms with Crippen LogP contribution in [0.5, 0.6) is 0 Å². The maximum absolute atomic E-state index is 13.6. The quantitative estimate of drug-likeness (QED) is 0.891. The van der Waals surface area contributed by atoms with Crippen LogP contribution in [0.15, 0.2) is 30.5 Å². The molecule has 0 saturated carbocycles. The lowest BCUT2D eigenvalue weighted by molar-refractivity contribution is -0.136. The first-order valence-electron chi connectivity index (χ1n) is 5.39. The first-order chi connectivity index (χ1) is 8.99. The second-order valence-electron chi connectivity index (χ2n) is 3.93. The summed E-state index contributed by atoms with van der Waals surface area (Å²) >= 11 is 0. The average Bonchev–Trinajstić information content (AvgIpc) is 2.35. The standard InChI is InChI=1S/C13H10F2N2O2/c14-9-3-1-2-8(13(9)15)7-4-10(16)11(17-6-7)5-12(18)19/h1-4,6H,5,16H2,(H,18,19). The van der Waals surface area contributed by atoms with E-state index in [9.17, 15) is 13.6 Å². The van der Waals surface area contributed by atoms with Crippen molar-refractivity contribution < 1.29 is 18.7 Å². The number of carbonyl (C=O) groups is 1. The predicted molar refractivity (Wildman–Crippen MR) is 65.3 cm³/mol. The molecule has 0 fully saturated rings. The highest BCUT2D eigenvalue weighted by atomic mass is 19.2. The largest absolute Gasteiger partial charge is 0.481 e. The molecular formula is C13H10F2N2O2. The maximum atomic E-state index is 13.6. The fraction of sp³-hybridized carbons (Fsp3) is 0.0769. The van der Waals surface area contributed by atoms with Crippen LogP contribution in [0.1, 0.15) is 5.69 Å². The normalized spacial score (nSPS) is 10.4. The number of carboxylic acid groups (broad SMARTS) is 1. The molecular weight excluding hydrogens is 254 g/mol. The highest BCUT2D eigenvalue weighted by Gasteiger charge is 2.12. The van der Waals surface area contributed by atoms with Crippen LogP contribution in [0.25, 0.3) is 11.1 Å². The van der Waals surface area contributed by atoms with Gasteiger partial charge in [-0.2, -0.15) is 0 Å². The molecule has 2 aromatic rings. The highest BCUT2D eigenvalue weighted by Crippen LogP contribution is 2.26. The van der Waals surface area contributed by atoms with Crippen molar-refractivity contribution in [1.82, 2.24) is 4.98 Å². The molecule has 0 amide bonds. The second kappa shape index (κ2) is 5.01. The fourth-order valence-corrected chi connectivity index (χ4v) is 1.68. The zero-order valence-electron chi connectivity index (χ0n) is 9.73. The molecule has 0 saturated heterocycles. The number of carboxylic acids is 1. The number of pyridine rings is 1. The molecule has 0 unspecified atom stereocenters. The van der Waals surface area contributed by atoms with E-state index in [-0.39, 0.29) is 23.4 Å². The van der Waals surface area contributed by atoms with E-state index >= 15 is 0 Å². The lowest BCUT2D eigenvalue weighted by Crippen LogP contribution is -2.06. The Hall–Kier alpha value is -2.50. The molecule has 19 heavy (non-hydrogen) atoms. The number of nitrogens with zero attached hydrogens (tertiary/aromatic N) is 1. The third-order valence-corrected chi connectivity index (χ3v) is 2.58. The number of rotatable bonds is 3. The van der Waals surface area contributed by atoms with Crippen LogP contribution in [0.4, 0.5) is 14.5 Å². The number of aromatic nitrogens is 1. The van der Waals surface area contributed by atoms with Crippen LogP contribution in [-0.2, 0) is 11.2 Å². The van der Waals surface area contributed by atoms with Crippen molar-refractivity contribution in [2.45, 2.75) is 6.42 Å². The molecule has 0 aliphatic carbocycles. The number of benzene rings is 1. The molecule has 0 radical (unpaired) electrons. The van der Waals surface area contributed by atoms with Gasteiger partial charge >= 0.3 is 5.97 Å². The van der Waals surface area contributed by atoms with Gasteiger partial charge in [-0.05, 0) is 12.1 Å². The Morgan fingerprint density at radius 3 is 2.74 bits per heavy atom.